The average Bonchev–Trinajstić information content (AvgIpc) is 3.04. The molecule has 1 atom stereocenters. The van der Waals surface area contributed by atoms with Gasteiger partial charge in [-0.2, -0.15) is 4.37 Å². The maximum Gasteiger partial charge on any atom is 0.319 e. The number of aromatic nitrogens is 2. The van der Waals surface area contributed by atoms with Crippen LogP contribution in [0.4, 0.5) is 9.93 Å². The number of carbonyl (C=O) groups is 1. The second kappa shape index (κ2) is 7.58. The van der Waals surface area contributed by atoms with Crippen LogP contribution < -0.4 is 4.90 Å². The summed E-state index contributed by atoms with van der Waals surface area (Å²) in [4.78, 5) is 22.6. The van der Waals surface area contributed by atoms with E-state index in [-0.39, 0.29) is 12.1 Å². The predicted octanol–water partition coefficient (Wildman–Crippen LogP) is 2.97. The molecule has 1 aromatic carbocycles. The lowest BCUT2D eigenvalue weighted by Crippen LogP contribution is -2.56. The summed E-state index contributed by atoms with van der Waals surface area (Å²) >= 11 is 7.34. The molecule has 1 aliphatic rings. The Bertz CT molecular complexity index is 733. The van der Waals surface area contributed by atoms with Crippen molar-refractivity contribution in [3.8, 4) is 0 Å². The molecule has 1 fully saturated rings. The van der Waals surface area contributed by atoms with Crippen LogP contribution in [-0.2, 0) is 6.42 Å². The van der Waals surface area contributed by atoms with Crippen molar-refractivity contribution in [2.24, 2.45) is 0 Å². The van der Waals surface area contributed by atoms with Gasteiger partial charge in [0, 0.05) is 62.7 Å². The number of benzene rings is 1. The first-order valence-electron chi connectivity index (χ1n) is 8.24. The third-order valence-corrected chi connectivity index (χ3v) is 5.33. The number of rotatable bonds is 3. The summed E-state index contributed by atoms with van der Waals surface area (Å²) in [7, 11) is 3.57. The van der Waals surface area contributed by atoms with Crippen LogP contribution in [0.5, 0.6) is 0 Å². The van der Waals surface area contributed by atoms with Crippen molar-refractivity contribution in [1.82, 2.24) is 19.2 Å². The largest absolute Gasteiger partial charge is 0.343 e. The van der Waals surface area contributed by atoms with E-state index < -0.39 is 0 Å². The molecule has 1 saturated heterocycles. The summed E-state index contributed by atoms with van der Waals surface area (Å²) in [6.07, 6.45) is 0.697. The van der Waals surface area contributed by atoms with Crippen LogP contribution in [0.15, 0.2) is 24.3 Å². The molecule has 0 radical (unpaired) electrons. The summed E-state index contributed by atoms with van der Waals surface area (Å²) in [5, 5.41) is 1.66. The van der Waals surface area contributed by atoms with E-state index in [1.807, 2.05) is 29.2 Å². The fraction of sp³-hybridized carbons (Fsp3) is 0.471. The molecule has 25 heavy (non-hydrogen) atoms. The van der Waals surface area contributed by atoms with Crippen molar-refractivity contribution in [3.63, 3.8) is 0 Å². The summed E-state index contributed by atoms with van der Waals surface area (Å²) in [6, 6.07) is 7.97. The van der Waals surface area contributed by atoms with Gasteiger partial charge in [0.15, 0.2) is 0 Å². The van der Waals surface area contributed by atoms with Gasteiger partial charge in [0.1, 0.15) is 5.82 Å². The molecule has 2 heterocycles. The smallest absolute Gasteiger partial charge is 0.319 e. The lowest BCUT2D eigenvalue weighted by atomic mass is 10.1. The highest BCUT2D eigenvalue weighted by Gasteiger charge is 2.29. The molecule has 0 bridgehead atoms. The molecule has 0 spiro atoms. The number of anilines is 1. The third kappa shape index (κ3) is 4.22. The minimum absolute atomic E-state index is 0.0628. The van der Waals surface area contributed by atoms with Gasteiger partial charge in [-0.25, -0.2) is 9.78 Å². The predicted molar refractivity (Wildman–Crippen MR) is 102 cm³/mol. The number of piperazine rings is 1. The molecule has 0 N–H and O–H groups in total. The van der Waals surface area contributed by atoms with Crippen molar-refractivity contribution in [1.29, 1.82) is 0 Å². The Morgan fingerprint density at radius 2 is 2.04 bits per heavy atom. The Balaban J connectivity index is 1.63. The van der Waals surface area contributed by atoms with Crippen LogP contribution in [0.25, 0.3) is 0 Å². The minimum Gasteiger partial charge on any atom is -0.343 e. The van der Waals surface area contributed by atoms with E-state index in [0.29, 0.717) is 13.0 Å². The lowest BCUT2D eigenvalue weighted by molar-refractivity contribution is 0.147. The number of hydrogen-bond acceptors (Lipinski definition) is 5. The number of hydrogen-bond donors (Lipinski definition) is 0. The van der Waals surface area contributed by atoms with Crippen molar-refractivity contribution < 1.29 is 4.79 Å². The van der Waals surface area contributed by atoms with E-state index in [0.717, 1.165) is 34.6 Å². The molecule has 0 unspecified atom stereocenters. The van der Waals surface area contributed by atoms with Gasteiger partial charge in [-0.1, -0.05) is 23.7 Å². The van der Waals surface area contributed by atoms with Crippen LogP contribution in [0.1, 0.15) is 18.3 Å². The van der Waals surface area contributed by atoms with Crippen LogP contribution in [-0.4, -0.2) is 65.0 Å². The van der Waals surface area contributed by atoms with Gasteiger partial charge in [-0.15, -0.1) is 0 Å². The summed E-state index contributed by atoms with van der Waals surface area (Å²) in [6.45, 7) is 4.32. The highest BCUT2D eigenvalue weighted by molar-refractivity contribution is 7.09. The number of urea groups is 1. The highest BCUT2D eigenvalue weighted by atomic mass is 35.5. The molecule has 2 amide bonds. The van der Waals surface area contributed by atoms with E-state index in [1.54, 1.807) is 19.0 Å². The Labute approximate surface area is 157 Å². The van der Waals surface area contributed by atoms with E-state index in [1.165, 1.54) is 11.5 Å². The second-order valence-corrected chi connectivity index (χ2v) is 7.63. The Hall–Kier alpha value is -1.86. The zero-order chi connectivity index (χ0) is 18.0. The van der Waals surface area contributed by atoms with E-state index in [9.17, 15) is 4.79 Å². The second-order valence-electron chi connectivity index (χ2n) is 6.46. The molecule has 2 aromatic rings. The summed E-state index contributed by atoms with van der Waals surface area (Å²) in [5.74, 6) is 0.821. The first-order valence-corrected chi connectivity index (χ1v) is 9.39. The van der Waals surface area contributed by atoms with Gasteiger partial charge in [0.05, 0.1) is 0 Å². The fourth-order valence-corrected chi connectivity index (χ4v) is 3.75. The number of carbonyl (C=O) groups excluding carboxylic acids is 1. The van der Waals surface area contributed by atoms with E-state index in [2.05, 4.69) is 21.2 Å². The number of amides is 2. The van der Waals surface area contributed by atoms with E-state index >= 15 is 0 Å². The topological polar surface area (TPSA) is 52.6 Å². The fourth-order valence-electron chi connectivity index (χ4n) is 2.90. The van der Waals surface area contributed by atoms with Crippen LogP contribution in [0, 0.1) is 0 Å². The molecule has 134 valence electrons. The molecule has 1 aliphatic heterocycles. The summed E-state index contributed by atoms with van der Waals surface area (Å²) < 4.78 is 4.48. The summed E-state index contributed by atoms with van der Waals surface area (Å²) in [5.41, 5.74) is 1.14. The van der Waals surface area contributed by atoms with Crippen molar-refractivity contribution >= 4 is 34.3 Å². The number of halogens is 1. The molecular formula is C17H22ClN5OS. The first kappa shape index (κ1) is 17.9. The Morgan fingerprint density at radius 1 is 1.32 bits per heavy atom. The van der Waals surface area contributed by atoms with Crippen LogP contribution in [0.2, 0.25) is 5.02 Å². The zero-order valence-electron chi connectivity index (χ0n) is 14.6. The maximum absolute atomic E-state index is 12.2. The molecular weight excluding hydrogens is 358 g/mol. The standard InChI is InChI=1S/C17H22ClN5OS/c1-12-11-22(8-9-23(12)17(24)21(2)3)16-19-15(20-25-16)10-13-4-6-14(18)7-5-13/h4-7,12H,8-11H2,1-3H3/t12-/m0/s1. The SMILES string of the molecule is C[C@H]1CN(c2nc(Cc3ccc(Cl)cc3)ns2)CCN1C(=O)N(C)C. The third-order valence-electron chi connectivity index (χ3n) is 4.26. The molecule has 8 heteroatoms. The lowest BCUT2D eigenvalue weighted by Gasteiger charge is -2.40. The van der Waals surface area contributed by atoms with E-state index in [4.69, 9.17) is 11.6 Å². The zero-order valence-corrected chi connectivity index (χ0v) is 16.2. The highest BCUT2D eigenvalue weighted by Crippen LogP contribution is 2.23. The van der Waals surface area contributed by atoms with Crippen LogP contribution >= 0.6 is 23.1 Å². The first-order chi connectivity index (χ1) is 11.9. The normalized spacial score (nSPS) is 17.7. The maximum atomic E-state index is 12.2. The van der Waals surface area contributed by atoms with Gasteiger partial charge in [0.25, 0.3) is 0 Å². The molecule has 1 aromatic heterocycles. The quantitative estimate of drug-likeness (QED) is 0.822. The average molecular weight is 380 g/mol. The van der Waals surface area contributed by atoms with Crippen molar-refractivity contribution in [2.75, 3.05) is 38.6 Å². The molecule has 0 aliphatic carbocycles. The van der Waals surface area contributed by atoms with Gasteiger partial charge in [-0.3, -0.25) is 0 Å². The molecule has 6 nitrogen and oxygen atoms in total. The number of nitrogens with zero attached hydrogens (tertiary/aromatic N) is 5. The minimum atomic E-state index is 0.0628. The van der Waals surface area contributed by atoms with Gasteiger partial charge in [-0.05, 0) is 24.6 Å². The Kier molecular flexibility index (Phi) is 5.44. The van der Waals surface area contributed by atoms with Gasteiger partial charge >= 0.3 is 6.03 Å². The van der Waals surface area contributed by atoms with Crippen molar-refractivity contribution in [2.45, 2.75) is 19.4 Å². The van der Waals surface area contributed by atoms with Gasteiger partial charge in [0.2, 0.25) is 5.13 Å². The Morgan fingerprint density at radius 3 is 2.68 bits per heavy atom. The van der Waals surface area contributed by atoms with Gasteiger partial charge < -0.3 is 14.7 Å². The molecule has 3 rings (SSSR count). The molecule has 0 saturated carbocycles. The monoisotopic (exact) mass is 379 g/mol. The van der Waals surface area contributed by atoms with Crippen LogP contribution in [0.3, 0.4) is 0 Å². The van der Waals surface area contributed by atoms with Crippen molar-refractivity contribution in [3.05, 3.63) is 40.7 Å².